The van der Waals surface area contributed by atoms with E-state index in [9.17, 15) is 9.59 Å². The average Bonchev–Trinajstić information content (AvgIpc) is 3.02. The zero-order valence-corrected chi connectivity index (χ0v) is 15.1. The number of aromatic nitrogens is 1. The second kappa shape index (κ2) is 8.44. The molecule has 0 aliphatic heterocycles. The van der Waals surface area contributed by atoms with Crippen molar-refractivity contribution < 1.29 is 14.3 Å². The minimum absolute atomic E-state index is 0.0915. The molecule has 2 amide bonds. The first kappa shape index (κ1) is 17.9. The number of nitrogens with zero attached hydrogens (tertiary/aromatic N) is 1. The van der Waals surface area contributed by atoms with Gasteiger partial charge in [-0.25, -0.2) is 4.98 Å². The Labute approximate surface area is 155 Å². The summed E-state index contributed by atoms with van der Waals surface area (Å²) in [6.07, 6.45) is 0.245. The van der Waals surface area contributed by atoms with E-state index in [1.807, 2.05) is 55.5 Å². The van der Waals surface area contributed by atoms with Gasteiger partial charge in [-0.2, -0.15) is 0 Å². The maximum Gasteiger partial charge on any atom is 0.245 e. The van der Waals surface area contributed by atoms with Gasteiger partial charge in [0.1, 0.15) is 5.75 Å². The van der Waals surface area contributed by atoms with Gasteiger partial charge in [-0.3, -0.25) is 9.59 Å². The predicted octanol–water partition coefficient (Wildman–Crippen LogP) is 2.99. The molecule has 0 aliphatic carbocycles. The molecule has 3 aromatic rings. The molecular weight excluding hydrogens is 350 g/mol. The highest BCUT2D eigenvalue weighted by Crippen LogP contribution is 2.29. The molecule has 7 heteroatoms. The number of fused-ring (bicyclic) bond motifs is 1. The zero-order valence-electron chi connectivity index (χ0n) is 14.3. The molecule has 0 radical (unpaired) electrons. The van der Waals surface area contributed by atoms with Crippen molar-refractivity contribution >= 4 is 38.5 Å². The quantitative estimate of drug-likeness (QED) is 0.671. The normalized spacial score (nSPS) is 10.5. The number of rotatable bonds is 7. The van der Waals surface area contributed by atoms with Crippen LogP contribution in [0.15, 0.2) is 48.5 Å². The van der Waals surface area contributed by atoms with Gasteiger partial charge in [0.25, 0.3) is 0 Å². The van der Waals surface area contributed by atoms with Crippen molar-refractivity contribution in [3.8, 4) is 5.75 Å². The first-order chi connectivity index (χ1) is 12.6. The Bertz CT molecular complexity index is 909. The van der Waals surface area contributed by atoms with Crippen LogP contribution in [0, 0.1) is 0 Å². The van der Waals surface area contributed by atoms with Crippen LogP contribution in [-0.4, -0.2) is 29.9 Å². The molecular formula is C19H19N3O3S. The van der Waals surface area contributed by atoms with E-state index in [-0.39, 0.29) is 24.8 Å². The largest absolute Gasteiger partial charge is 0.494 e. The van der Waals surface area contributed by atoms with Crippen molar-refractivity contribution in [2.45, 2.75) is 13.3 Å². The van der Waals surface area contributed by atoms with Crippen LogP contribution >= 0.6 is 11.3 Å². The Morgan fingerprint density at radius 3 is 2.69 bits per heavy atom. The molecule has 0 saturated heterocycles. The van der Waals surface area contributed by atoms with Gasteiger partial charge in [0.2, 0.25) is 11.8 Å². The Balaban J connectivity index is 1.53. The molecule has 0 atom stereocenters. The number of carbonyl (C=O) groups is 2. The Hall–Kier alpha value is -2.93. The molecule has 26 heavy (non-hydrogen) atoms. The molecule has 3 rings (SSSR count). The highest BCUT2D eigenvalue weighted by Gasteiger charge is 2.10. The van der Waals surface area contributed by atoms with E-state index in [0.717, 1.165) is 21.5 Å². The van der Waals surface area contributed by atoms with E-state index in [1.54, 1.807) is 0 Å². The minimum Gasteiger partial charge on any atom is -0.494 e. The standard InChI is InChI=1S/C19H19N3O3S/c1-2-25-14-8-9-15-16(11-14)26-19(21-15)22-18(24)12-20-17(23)10-13-6-4-3-5-7-13/h3-9,11H,2,10,12H2,1H3,(H,20,23)(H,21,22,24). The lowest BCUT2D eigenvalue weighted by Gasteiger charge is -2.05. The lowest BCUT2D eigenvalue weighted by Crippen LogP contribution is -2.33. The summed E-state index contributed by atoms with van der Waals surface area (Å²) in [5.74, 6) is 0.266. The molecule has 2 aromatic carbocycles. The van der Waals surface area contributed by atoms with Crippen LogP contribution in [0.25, 0.3) is 10.2 Å². The van der Waals surface area contributed by atoms with Gasteiger partial charge >= 0.3 is 0 Å². The molecule has 2 N–H and O–H groups in total. The minimum atomic E-state index is -0.310. The van der Waals surface area contributed by atoms with Gasteiger partial charge in [0, 0.05) is 0 Å². The third kappa shape index (κ3) is 4.80. The number of anilines is 1. The van der Waals surface area contributed by atoms with Crippen LogP contribution in [0.2, 0.25) is 0 Å². The highest BCUT2D eigenvalue weighted by atomic mass is 32.1. The molecule has 0 saturated carbocycles. The first-order valence-electron chi connectivity index (χ1n) is 8.28. The van der Waals surface area contributed by atoms with Gasteiger partial charge in [0.15, 0.2) is 5.13 Å². The third-order valence-electron chi connectivity index (χ3n) is 3.57. The summed E-state index contributed by atoms with van der Waals surface area (Å²) < 4.78 is 6.39. The zero-order chi connectivity index (χ0) is 18.4. The molecule has 1 aromatic heterocycles. The van der Waals surface area contributed by atoms with Crippen LogP contribution in [0.4, 0.5) is 5.13 Å². The molecule has 0 bridgehead atoms. The van der Waals surface area contributed by atoms with Gasteiger partial charge in [0.05, 0.1) is 29.8 Å². The summed E-state index contributed by atoms with van der Waals surface area (Å²) in [6, 6.07) is 15.0. The summed E-state index contributed by atoms with van der Waals surface area (Å²) in [5, 5.41) is 5.83. The summed E-state index contributed by atoms with van der Waals surface area (Å²) in [6.45, 7) is 2.43. The fourth-order valence-corrected chi connectivity index (χ4v) is 3.31. The monoisotopic (exact) mass is 369 g/mol. The van der Waals surface area contributed by atoms with Crippen molar-refractivity contribution in [2.24, 2.45) is 0 Å². The highest BCUT2D eigenvalue weighted by molar-refractivity contribution is 7.22. The fourth-order valence-electron chi connectivity index (χ4n) is 2.40. The Morgan fingerprint density at radius 1 is 1.12 bits per heavy atom. The van der Waals surface area contributed by atoms with E-state index in [0.29, 0.717) is 11.7 Å². The summed E-state index contributed by atoms with van der Waals surface area (Å²) >= 11 is 1.37. The van der Waals surface area contributed by atoms with E-state index in [2.05, 4.69) is 15.6 Å². The number of ether oxygens (including phenoxy) is 1. The maximum atomic E-state index is 12.0. The molecule has 134 valence electrons. The topological polar surface area (TPSA) is 80.3 Å². The molecule has 1 heterocycles. The van der Waals surface area contributed by atoms with Gasteiger partial charge in [-0.05, 0) is 30.7 Å². The van der Waals surface area contributed by atoms with Crippen molar-refractivity contribution in [3.05, 3.63) is 54.1 Å². The second-order valence-corrected chi connectivity index (χ2v) is 6.60. The third-order valence-corrected chi connectivity index (χ3v) is 4.50. The van der Waals surface area contributed by atoms with Gasteiger partial charge in [-0.1, -0.05) is 41.7 Å². The number of amides is 2. The lowest BCUT2D eigenvalue weighted by atomic mass is 10.1. The van der Waals surface area contributed by atoms with Crippen LogP contribution in [0.1, 0.15) is 12.5 Å². The molecule has 0 fully saturated rings. The number of benzene rings is 2. The van der Waals surface area contributed by atoms with Crippen LogP contribution in [-0.2, 0) is 16.0 Å². The summed E-state index contributed by atoms with van der Waals surface area (Å²) in [5.41, 5.74) is 1.70. The van der Waals surface area contributed by atoms with Crippen LogP contribution in [0.5, 0.6) is 5.75 Å². The molecule has 0 aliphatic rings. The van der Waals surface area contributed by atoms with Crippen molar-refractivity contribution in [2.75, 3.05) is 18.5 Å². The van der Waals surface area contributed by atoms with Crippen molar-refractivity contribution in [1.82, 2.24) is 10.3 Å². The summed E-state index contributed by atoms with van der Waals surface area (Å²) in [7, 11) is 0. The molecule has 6 nitrogen and oxygen atoms in total. The van der Waals surface area contributed by atoms with Gasteiger partial charge in [-0.15, -0.1) is 0 Å². The average molecular weight is 369 g/mol. The number of carbonyl (C=O) groups excluding carboxylic acids is 2. The Morgan fingerprint density at radius 2 is 1.92 bits per heavy atom. The number of thiazole rings is 1. The van der Waals surface area contributed by atoms with Crippen LogP contribution < -0.4 is 15.4 Å². The van der Waals surface area contributed by atoms with E-state index in [4.69, 9.17) is 4.74 Å². The maximum absolute atomic E-state index is 12.0. The molecule has 0 spiro atoms. The smallest absolute Gasteiger partial charge is 0.245 e. The molecule has 0 unspecified atom stereocenters. The first-order valence-corrected chi connectivity index (χ1v) is 9.09. The fraction of sp³-hybridized carbons (Fsp3) is 0.211. The van der Waals surface area contributed by atoms with Crippen molar-refractivity contribution in [1.29, 1.82) is 0 Å². The Kier molecular flexibility index (Phi) is 5.80. The van der Waals surface area contributed by atoms with Crippen molar-refractivity contribution in [3.63, 3.8) is 0 Å². The lowest BCUT2D eigenvalue weighted by molar-refractivity contribution is -0.123. The predicted molar refractivity (Wildman–Crippen MR) is 103 cm³/mol. The van der Waals surface area contributed by atoms with E-state index < -0.39 is 0 Å². The number of hydrogen-bond donors (Lipinski definition) is 2. The SMILES string of the molecule is CCOc1ccc2nc(NC(=O)CNC(=O)Cc3ccccc3)sc2c1. The number of nitrogens with one attached hydrogen (secondary N) is 2. The number of hydrogen-bond acceptors (Lipinski definition) is 5. The van der Waals surface area contributed by atoms with E-state index in [1.165, 1.54) is 11.3 Å². The van der Waals surface area contributed by atoms with Crippen LogP contribution in [0.3, 0.4) is 0 Å². The van der Waals surface area contributed by atoms with Gasteiger partial charge < -0.3 is 15.4 Å². The second-order valence-electron chi connectivity index (χ2n) is 5.57. The van der Waals surface area contributed by atoms with E-state index >= 15 is 0 Å². The summed E-state index contributed by atoms with van der Waals surface area (Å²) in [4.78, 5) is 28.3.